The Morgan fingerprint density at radius 2 is 1.61 bits per heavy atom. The van der Waals surface area contributed by atoms with E-state index in [9.17, 15) is 14.4 Å². The molecule has 0 unspecified atom stereocenters. The maximum atomic E-state index is 14.5. The van der Waals surface area contributed by atoms with Crippen molar-refractivity contribution in [1.29, 1.82) is 0 Å². The fourth-order valence-electron chi connectivity index (χ4n) is 6.45. The average Bonchev–Trinajstić information content (AvgIpc) is 3.22. The summed E-state index contributed by atoms with van der Waals surface area (Å²) < 4.78 is 0. The normalized spacial score (nSPS) is 21.8. The van der Waals surface area contributed by atoms with Gasteiger partial charge in [-0.2, -0.15) is 0 Å². The van der Waals surface area contributed by atoms with Gasteiger partial charge in [0, 0.05) is 27.7 Å². The van der Waals surface area contributed by atoms with Gasteiger partial charge in [-0.15, -0.1) is 0 Å². The third kappa shape index (κ3) is 7.66. The predicted octanol–water partition coefficient (Wildman–Crippen LogP) is 8.19. The zero-order valence-corrected chi connectivity index (χ0v) is 28.1. The van der Waals surface area contributed by atoms with Crippen molar-refractivity contribution in [1.82, 2.24) is 10.2 Å². The summed E-state index contributed by atoms with van der Waals surface area (Å²) in [6.45, 7) is 12.8. The molecule has 1 aliphatic carbocycles. The number of carbonyl (C=O) groups excluding carboxylic acids is 2. The molecule has 238 valence electrons. The van der Waals surface area contributed by atoms with Gasteiger partial charge in [-0.05, 0) is 91.7 Å². The topological polar surface area (TPSA) is 99.1 Å². The van der Waals surface area contributed by atoms with Crippen molar-refractivity contribution in [2.24, 2.45) is 28.2 Å². The molecule has 1 fully saturated rings. The van der Waals surface area contributed by atoms with Crippen LogP contribution in [0.15, 0.2) is 47.5 Å². The zero-order chi connectivity index (χ0) is 32.4. The monoisotopic (exact) mass is 641 g/mol. The minimum Gasteiger partial charge on any atom is -0.481 e. The van der Waals surface area contributed by atoms with E-state index < -0.39 is 17.6 Å². The molecule has 0 bridgehead atoms. The van der Waals surface area contributed by atoms with Gasteiger partial charge in [0.2, 0.25) is 0 Å². The Hall–Kier alpha value is -2.90. The lowest BCUT2D eigenvalue weighted by atomic mass is 9.69. The second kappa shape index (κ2) is 13.6. The fraction of sp³-hybridized carbons (Fsp3) is 0.543. The molecule has 1 saturated carbocycles. The maximum absolute atomic E-state index is 14.5. The zero-order valence-electron chi connectivity index (χ0n) is 26.6. The molecule has 2 N–H and O–H groups in total. The van der Waals surface area contributed by atoms with Crippen LogP contribution in [0.3, 0.4) is 0 Å². The Morgan fingerprint density at radius 1 is 1.02 bits per heavy atom. The number of hydrogen-bond acceptors (Lipinski definition) is 4. The van der Waals surface area contributed by atoms with E-state index >= 15 is 0 Å². The first-order valence-electron chi connectivity index (χ1n) is 15.6. The molecule has 1 aliphatic heterocycles. The number of aliphatic imine (C=N–C) groups is 1. The number of nitrogens with zero attached hydrogens (tertiary/aromatic N) is 2. The number of hydrogen-bond donors (Lipinski definition) is 2. The smallest absolute Gasteiger partial charge is 0.308 e. The molecule has 4 rings (SSSR count). The number of carboxylic acids is 1. The summed E-state index contributed by atoms with van der Waals surface area (Å²) in [6.07, 6.45) is 5.10. The standard InChI is InChI=1S/C35H45Cl2N3O4/c1-21(2)7-12-29(23-8-10-24(11-9-23)31(41)38-20-22(3)33(43)44)40-32(42)30(25-17-27(36)19-28(37)18-25)39-35(40)15-13-26(14-16-35)34(4,5)6/h8-11,17-19,21-22,26,29H,7,12-16,20H2,1-6H3,(H,38,41)(H,43,44)/t22-,26?,29+,35?/m0/s1. The van der Waals surface area contributed by atoms with E-state index in [4.69, 9.17) is 33.3 Å². The Kier molecular flexibility index (Phi) is 10.5. The SMILES string of the molecule is CC(C)CC[C@H](c1ccc(C(=O)NC[C@H](C)C(=O)O)cc1)N1C(=O)C(c2cc(Cl)cc(Cl)c2)=NC12CCC(C(C)(C)C)CC2. The van der Waals surface area contributed by atoms with Crippen LogP contribution in [0.1, 0.15) is 108 Å². The van der Waals surface area contributed by atoms with Crippen LogP contribution in [0.5, 0.6) is 0 Å². The summed E-state index contributed by atoms with van der Waals surface area (Å²) in [6, 6.07) is 12.2. The van der Waals surface area contributed by atoms with Crippen LogP contribution >= 0.6 is 23.2 Å². The number of nitrogens with one attached hydrogen (secondary N) is 1. The molecule has 44 heavy (non-hydrogen) atoms. The molecule has 2 aromatic rings. The Balaban J connectivity index is 1.72. The van der Waals surface area contributed by atoms with E-state index in [-0.39, 0.29) is 29.8 Å². The van der Waals surface area contributed by atoms with Crippen LogP contribution in [0.2, 0.25) is 10.0 Å². The van der Waals surface area contributed by atoms with Crippen LogP contribution in [-0.2, 0) is 9.59 Å². The third-order valence-electron chi connectivity index (χ3n) is 9.21. The quantitative estimate of drug-likeness (QED) is 0.273. The summed E-state index contributed by atoms with van der Waals surface area (Å²) >= 11 is 12.7. The summed E-state index contributed by atoms with van der Waals surface area (Å²) in [5.41, 5.74) is 1.87. The van der Waals surface area contributed by atoms with Crippen molar-refractivity contribution >= 4 is 46.7 Å². The molecule has 1 spiro atoms. The third-order valence-corrected chi connectivity index (χ3v) is 9.65. The molecule has 9 heteroatoms. The van der Waals surface area contributed by atoms with Gasteiger partial charge in [-0.25, -0.2) is 0 Å². The number of carboxylic acid groups (broad SMARTS) is 1. The molecular formula is C35H45Cl2N3O4. The van der Waals surface area contributed by atoms with Crippen molar-refractivity contribution in [3.63, 3.8) is 0 Å². The van der Waals surface area contributed by atoms with Crippen molar-refractivity contribution in [2.45, 2.75) is 91.8 Å². The highest BCUT2D eigenvalue weighted by atomic mass is 35.5. The van der Waals surface area contributed by atoms with Gasteiger partial charge < -0.3 is 15.3 Å². The van der Waals surface area contributed by atoms with Gasteiger partial charge >= 0.3 is 5.97 Å². The molecular weight excluding hydrogens is 597 g/mol. The van der Waals surface area contributed by atoms with Crippen LogP contribution in [-0.4, -0.2) is 45.7 Å². The van der Waals surface area contributed by atoms with Gasteiger partial charge in [0.05, 0.1) is 12.0 Å². The first-order chi connectivity index (χ1) is 20.6. The lowest BCUT2D eigenvalue weighted by molar-refractivity contribution is -0.140. The van der Waals surface area contributed by atoms with E-state index in [1.54, 1.807) is 37.3 Å². The first kappa shape index (κ1) is 34.0. The maximum Gasteiger partial charge on any atom is 0.308 e. The second-order valence-electron chi connectivity index (χ2n) is 14.0. The Morgan fingerprint density at radius 3 is 2.14 bits per heavy atom. The highest BCUT2D eigenvalue weighted by Crippen LogP contribution is 2.50. The van der Waals surface area contributed by atoms with Crippen LogP contribution < -0.4 is 5.32 Å². The van der Waals surface area contributed by atoms with Crippen molar-refractivity contribution < 1.29 is 19.5 Å². The van der Waals surface area contributed by atoms with E-state index in [2.05, 4.69) is 39.9 Å². The molecule has 2 atom stereocenters. The van der Waals surface area contributed by atoms with Gasteiger partial charge in [-0.3, -0.25) is 19.4 Å². The van der Waals surface area contributed by atoms with E-state index in [1.165, 1.54) is 0 Å². The van der Waals surface area contributed by atoms with E-state index in [0.29, 0.717) is 38.7 Å². The number of benzene rings is 2. The largest absolute Gasteiger partial charge is 0.481 e. The lowest BCUT2D eigenvalue weighted by Crippen LogP contribution is -2.51. The van der Waals surface area contributed by atoms with E-state index in [1.807, 2.05) is 17.0 Å². The number of aliphatic carboxylic acids is 1. The van der Waals surface area contributed by atoms with Gasteiger partial charge in [-0.1, -0.05) is 76.9 Å². The van der Waals surface area contributed by atoms with E-state index in [0.717, 1.165) is 44.1 Å². The summed E-state index contributed by atoms with van der Waals surface area (Å²) in [5.74, 6) is -1.15. The Bertz CT molecular complexity index is 1390. The molecule has 0 saturated heterocycles. The molecule has 2 aliphatic rings. The highest BCUT2D eigenvalue weighted by molar-refractivity contribution is 6.47. The Labute approximate surface area is 271 Å². The minimum absolute atomic E-state index is 0.0426. The van der Waals surface area contributed by atoms with Crippen LogP contribution in [0, 0.1) is 23.2 Å². The number of amides is 2. The molecule has 0 aromatic heterocycles. The van der Waals surface area contributed by atoms with Crippen molar-refractivity contribution in [2.75, 3.05) is 6.54 Å². The number of rotatable bonds is 10. The summed E-state index contributed by atoms with van der Waals surface area (Å²) in [5, 5.41) is 12.8. The number of carbonyl (C=O) groups is 3. The van der Waals surface area contributed by atoms with Crippen molar-refractivity contribution in [3.8, 4) is 0 Å². The molecule has 1 heterocycles. The predicted molar refractivity (Wildman–Crippen MR) is 176 cm³/mol. The minimum atomic E-state index is -0.962. The van der Waals surface area contributed by atoms with Crippen LogP contribution in [0.4, 0.5) is 0 Å². The fourth-order valence-corrected chi connectivity index (χ4v) is 6.98. The lowest BCUT2D eigenvalue weighted by Gasteiger charge is -2.47. The van der Waals surface area contributed by atoms with Gasteiger partial charge in [0.25, 0.3) is 11.8 Å². The summed E-state index contributed by atoms with van der Waals surface area (Å²) in [7, 11) is 0. The van der Waals surface area contributed by atoms with Crippen molar-refractivity contribution in [3.05, 3.63) is 69.2 Å². The second-order valence-corrected chi connectivity index (χ2v) is 14.8. The summed E-state index contributed by atoms with van der Waals surface area (Å²) in [4.78, 5) is 45.7. The highest BCUT2D eigenvalue weighted by Gasteiger charge is 2.52. The molecule has 7 nitrogen and oxygen atoms in total. The van der Waals surface area contributed by atoms with Gasteiger partial charge in [0.15, 0.2) is 0 Å². The average molecular weight is 643 g/mol. The first-order valence-corrected chi connectivity index (χ1v) is 16.4. The molecule has 2 amide bonds. The molecule has 0 radical (unpaired) electrons. The van der Waals surface area contributed by atoms with Gasteiger partial charge in [0.1, 0.15) is 11.4 Å². The number of halogens is 2. The van der Waals surface area contributed by atoms with Crippen LogP contribution in [0.25, 0.3) is 0 Å². The molecule has 2 aromatic carbocycles.